The Hall–Kier alpha value is -1.29. The van der Waals surface area contributed by atoms with Crippen molar-refractivity contribution in [3.63, 3.8) is 0 Å². The second kappa shape index (κ2) is 7.36. The van der Waals surface area contributed by atoms with Crippen LogP contribution in [0.4, 0.5) is 4.39 Å². The predicted molar refractivity (Wildman–Crippen MR) is 55.2 cm³/mol. The molecule has 0 bridgehead atoms. The van der Waals surface area contributed by atoms with E-state index in [0.29, 0.717) is 0 Å². The molecule has 70 valence electrons. The van der Waals surface area contributed by atoms with Gasteiger partial charge in [0.1, 0.15) is 6.17 Å². The first kappa shape index (κ1) is 11.7. The van der Waals surface area contributed by atoms with Crippen LogP contribution in [0.3, 0.4) is 0 Å². The van der Waals surface area contributed by atoms with Crippen LogP contribution in [0.5, 0.6) is 0 Å². The third-order valence-corrected chi connectivity index (χ3v) is 1.55. The van der Waals surface area contributed by atoms with E-state index in [0.717, 1.165) is 12.0 Å². The second-order valence-corrected chi connectivity index (χ2v) is 2.27. The van der Waals surface area contributed by atoms with Crippen molar-refractivity contribution in [1.82, 2.24) is 0 Å². The second-order valence-electron chi connectivity index (χ2n) is 2.27. The molecule has 0 saturated carbocycles. The minimum Gasteiger partial charge on any atom is -0.144 e. The van der Waals surface area contributed by atoms with Crippen LogP contribution in [0.2, 0.25) is 0 Å². The number of hydrogen-bond donors (Lipinski definition) is 0. The van der Waals surface area contributed by atoms with Crippen molar-refractivity contribution in [2.24, 2.45) is 0 Å². The predicted octanol–water partition coefficient (Wildman–Crippen LogP) is 3.55. The van der Waals surface area contributed by atoms with Gasteiger partial charge in [-0.25, -0.2) is 0 Å². The molecule has 0 unspecified atom stereocenters. The summed E-state index contributed by atoms with van der Waals surface area (Å²) < 4.78 is 11.5. The molecule has 0 heterocycles. The quantitative estimate of drug-likeness (QED) is 0.577. The molecule has 0 radical (unpaired) electrons. The molecule has 0 aliphatic heterocycles. The normalized spacial score (nSPS) is 7.69. The zero-order chi connectivity index (χ0) is 10.1. The molecule has 0 fully saturated rings. The molecule has 0 aliphatic rings. The maximum Gasteiger partial charge on any atom is 0.111 e. The van der Waals surface area contributed by atoms with Gasteiger partial charge in [0, 0.05) is 5.56 Å². The molecule has 0 nitrogen and oxygen atoms in total. The molecule has 1 rings (SSSR count). The van der Waals surface area contributed by atoms with Crippen LogP contribution in [-0.4, -0.2) is 0 Å². The standard InChI is InChI=1S/C10H9F.C2H6/c1-2-9-3-5-10(6-4-9)7-8-11;1-2/h3-6H,2H2,1H3;1-2H3. The van der Waals surface area contributed by atoms with Gasteiger partial charge in [-0.2, -0.15) is 0 Å². The van der Waals surface area contributed by atoms with Crippen molar-refractivity contribution in [1.29, 1.82) is 0 Å². The number of benzene rings is 1. The Morgan fingerprint density at radius 2 is 1.69 bits per heavy atom. The molecule has 1 heteroatoms. The average molecular weight is 178 g/mol. The fourth-order valence-corrected chi connectivity index (χ4v) is 0.878. The summed E-state index contributed by atoms with van der Waals surface area (Å²) in [5.41, 5.74) is 1.97. The summed E-state index contributed by atoms with van der Waals surface area (Å²) in [6.45, 7) is 6.08. The van der Waals surface area contributed by atoms with Crippen molar-refractivity contribution in [2.75, 3.05) is 0 Å². The van der Waals surface area contributed by atoms with Crippen molar-refractivity contribution < 1.29 is 4.39 Å². The minimum atomic E-state index is 0.727. The van der Waals surface area contributed by atoms with E-state index in [1.54, 1.807) is 0 Å². The first-order valence-corrected chi connectivity index (χ1v) is 4.57. The topological polar surface area (TPSA) is 0 Å². The van der Waals surface area contributed by atoms with E-state index in [-0.39, 0.29) is 0 Å². The Kier molecular flexibility index (Phi) is 6.63. The van der Waals surface area contributed by atoms with E-state index in [2.05, 4.69) is 12.8 Å². The van der Waals surface area contributed by atoms with Crippen LogP contribution in [0, 0.1) is 12.1 Å². The molecular weight excluding hydrogens is 163 g/mol. The Morgan fingerprint density at radius 1 is 1.15 bits per heavy atom. The first-order chi connectivity index (χ1) is 6.36. The van der Waals surface area contributed by atoms with Crippen LogP contribution in [-0.2, 0) is 6.42 Å². The minimum absolute atomic E-state index is 0.727. The summed E-state index contributed by atoms with van der Waals surface area (Å²) in [5.74, 6) is 2.34. The van der Waals surface area contributed by atoms with Crippen LogP contribution >= 0.6 is 0 Å². The van der Waals surface area contributed by atoms with Crippen LogP contribution in [0.1, 0.15) is 31.9 Å². The lowest BCUT2D eigenvalue weighted by molar-refractivity contribution is 0.774. The van der Waals surface area contributed by atoms with Gasteiger partial charge in [-0.05, 0) is 30.0 Å². The summed E-state index contributed by atoms with van der Waals surface area (Å²) in [7, 11) is 0. The van der Waals surface area contributed by atoms with Gasteiger partial charge in [-0.3, -0.25) is 0 Å². The summed E-state index contributed by atoms with van der Waals surface area (Å²) in [5, 5.41) is 0. The lowest BCUT2D eigenvalue weighted by atomic mass is 10.1. The Bertz CT molecular complexity index is 274. The SMILES string of the molecule is CC.CCc1ccc(C#CF)cc1. The molecule has 0 saturated heterocycles. The molecule has 1 aromatic rings. The summed E-state index contributed by atoms with van der Waals surface area (Å²) >= 11 is 0. The van der Waals surface area contributed by atoms with Crippen LogP contribution in [0.25, 0.3) is 0 Å². The Morgan fingerprint density at radius 3 is 2.08 bits per heavy atom. The van der Waals surface area contributed by atoms with E-state index in [1.165, 1.54) is 11.7 Å². The van der Waals surface area contributed by atoms with E-state index < -0.39 is 0 Å². The Labute approximate surface area is 79.8 Å². The molecule has 0 atom stereocenters. The largest absolute Gasteiger partial charge is 0.144 e. The maximum atomic E-state index is 11.5. The van der Waals surface area contributed by atoms with E-state index in [9.17, 15) is 4.39 Å². The number of rotatable bonds is 1. The first-order valence-electron chi connectivity index (χ1n) is 4.57. The molecule has 0 aliphatic carbocycles. The highest BCUT2D eigenvalue weighted by atomic mass is 19.1. The highest BCUT2D eigenvalue weighted by Gasteiger charge is 1.87. The maximum absolute atomic E-state index is 11.5. The molecule has 0 N–H and O–H groups in total. The van der Waals surface area contributed by atoms with Gasteiger partial charge in [0.15, 0.2) is 0 Å². The van der Waals surface area contributed by atoms with Crippen LogP contribution < -0.4 is 0 Å². The summed E-state index contributed by atoms with van der Waals surface area (Å²) in [4.78, 5) is 0. The summed E-state index contributed by atoms with van der Waals surface area (Å²) in [6.07, 6.45) is 2.37. The molecule has 1 aromatic carbocycles. The molecule has 0 amide bonds. The third kappa shape index (κ3) is 4.32. The zero-order valence-corrected chi connectivity index (χ0v) is 8.39. The van der Waals surface area contributed by atoms with Crippen molar-refractivity contribution >= 4 is 0 Å². The van der Waals surface area contributed by atoms with E-state index >= 15 is 0 Å². The summed E-state index contributed by atoms with van der Waals surface area (Å²) in [6, 6.07) is 7.57. The smallest absolute Gasteiger partial charge is 0.111 e. The highest BCUT2D eigenvalue weighted by Crippen LogP contribution is 2.03. The monoisotopic (exact) mass is 178 g/mol. The molecule has 0 aromatic heterocycles. The molecular formula is C12H15F. The van der Waals surface area contributed by atoms with Gasteiger partial charge in [-0.1, -0.05) is 32.9 Å². The van der Waals surface area contributed by atoms with Gasteiger partial charge >= 0.3 is 0 Å². The van der Waals surface area contributed by atoms with Crippen molar-refractivity contribution in [2.45, 2.75) is 27.2 Å². The Balaban J connectivity index is 0.000000671. The van der Waals surface area contributed by atoms with E-state index in [4.69, 9.17) is 0 Å². The van der Waals surface area contributed by atoms with Crippen LogP contribution in [0.15, 0.2) is 24.3 Å². The zero-order valence-electron chi connectivity index (χ0n) is 8.39. The average Bonchev–Trinajstić information content (AvgIpc) is 2.23. The van der Waals surface area contributed by atoms with Crippen molar-refractivity contribution in [3.05, 3.63) is 35.4 Å². The van der Waals surface area contributed by atoms with Gasteiger partial charge in [0.2, 0.25) is 0 Å². The van der Waals surface area contributed by atoms with Gasteiger partial charge in [-0.15, -0.1) is 4.39 Å². The molecule has 0 spiro atoms. The lowest BCUT2D eigenvalue weighted by Gasteiger charge is -1.93. The fraction of sp³-hybridized carbons (Fsp3) is 0.333. The fourth-order valence-electron chi connectivity index (χ4n) is 0.878. The highest BCUT2D eigenvalue weighted by molar-refractivity contribution is 5.34. The number of hydrogen-bond acceptors (Lipinski definition) is 0. The van der Waals surface area contributed by atoms with Crippen molar-refractivity contribution in [3.8, 4) is 12.1 Å². The van der Waals surface area contributed by atoms with Gasteiger partial charge in [0.05, 0.1) is 0 Å². The third-order valence-electron chi connectivity index (χ3n) is 1.55. The van der Waals surface area contributed by atoms with Gasteiger partial charge in [0.25, 0.3) is 0 Å². The van der Waals surface area contributed by atoms with Gasteiger partial charge < -0.3 is 0 Å². The number of halogens is 1. The number of aryl methyl sites for hydroxylation is 1. The lowest BCUT2D eigenvalue weighted by Crippen LogP contribution is -1.79. The molecule has 13 heavy (non-hydrogen) atoms. The van der Waals surface area contributed by atoms with E-state index in [1.807, 2.05) is 38.1 Å².